The van der Waals surface area contributed by atoms with Crippen molar-refractivity contribution in [1.29, 1.82) is 0 Å². The zero-order valence-electron chi connectivity index (χ0n) is 15.3. The Bertz CT molecular complexity index is 545. The number of carbonyl (C=O) groups excluding carboxylic acids is 2. The number of ether oxygens (including phenoxy) is 3. The van der Waals surface area contributed by atoms with Crippen molar-refractivity contribution in [3.63, 3.8) is 0 Å². The molecule has 6 atom stereocenters. The van der Waals surface area contributed by atoms with E-state index in [1.165, 1.54) is 13.8 Å². The third-order valence-electron chi connectivity index (χ3n) is 4.10. The minimum Gasteiger partial charge on any atom is -0.461 e. The van der Waals surface area contributed by atoms with E-state index in [9.17, 15) is 9.59 Å². The number of carbonyl (C=O) groups is 2. The van der Waals surface area contributed by atoms with Gasteiger partial charge in [0.25, 0.3) is 0 Å². The molecule has 7 heteroatoms. The van der Waals surface area contributed by atoms with Crippen molar-refractivity contribution in [2.75, 3.05) is 0 Å². The summed E-state index contributed by atoms with van der Waals surface area (Å²) >= 11 is 10.2. The van der Waals surface area contributed by atoms with Crippen LogP contribution < -0.4 is 0 Å². The van der Waals surface area contributed by atoms with Crippen molar-refractivity contribution in [1.82, 2.24) is 0 Å². The quantitative estimate of drug-likeness (QED) is 0.351. The molecule has 0 aromatic rings. The highest BCUT2D eigenvalue weighted by molar-refractivity contribution is 9.09. The molecule has 0 spiro atoms. The lowest BCUT2D eigenvalue weighted by molar-refractivity contribution is -0.169. The molecular formula is C19H26BrClO5. The highest BCUT2D eigenvalue weighted by atomic mass is 79.9. The third kappa shape index (κ3) is 7.69. The standard InChI is InChI=1S/C19H26BrClO5/c1-5-7-8-9-16-19(25-13(4)23)10-15(21)18(24-12(3)22)11-17(26-16)14(20)6-2/h1,7-8,14-19H,6,9-11H2,2-4H3/t14-,15+,16+,17-,18+,19-/m1/s1. The summed E-state index contributed by atoms with van der Waals surface area (Å²) in [4.78, 5) is 23.1. The predicted octanol–water partition coefficient (Wildman–Crippen LogP) is 3.76. The molecule has 0 N–H and O–H groups in total. The number of terminal acetylenes is 1. The summed E-state index contributed by atoms with van der Waals surface area (Å²) in [5.41, 5.74) is 0. The Kier molecular flexibility index (Phi) is 10.3. The summed E-state index contributed by atoms with van der Waals surface area (Å²) < 4.78 is 17.1. The molecule has 26 heavy (non-hydrogen) atoms. The van der Waals surface area contributed by atoms with Crippen molar-refractivity contribution in [3.8, 4) is 12.3 Å². The van der Waals surface area contributed by atoms with Gasteiger partial charge in [0.05, 0.1) is 17.6 Å². The Hall–Kier alpha value is -1.03. The fourth-order valence-corrected chi connectivity index (χ4v) is 3.59. The SMILES string of the molecule is C#CC=CC[C@@H]1O[C@@H]([C@H](Br)CC)C[C@H](OC(C)=O)[C@@H](Cl)C[C@H]1OC(C)=O. The predicted molar refractivity (Wildman–Crippen MR) is 104 cm³/mol. The van der Waals surface area contributed by atoms with Crippen molar-refractivity contribution < 1.29 is 23.8 Å². The molecule has 146 valence electrons. The average molecular weight is 450 g/mol. The molecule has 0 aromatic carbocycles. The van der Waals surface area contributed by atoms with Crippen molar-refractivity contribution in [2.24, 2.45) is 0 Å². The minimum absolute atomic E-state index is 0.0413. The fraction of sp³-hybridized carbons (Fsp3) is 0.684. The molecule has 0 bridgehead atoms. The van der Waals surface area contributed by atoms with Gasteiger partial charge in [0.1, 0.15) is 12.2 Å². The fourth-order valence-electron chi connectivity index (χ4n) is 2.92. The smallest absolute Gasteiger partial charge is 0.302 e. The first-order chi connectivity index (χ1) is 12.3. The van der Waals surface area contributed by atoms with E-state index in [1.807, 2.05) is 13.0 Å². The second-order valence-electron chi connectivity index (χ2n) is 6.23. The van der Waals surface area contributed by atoms with E-state index in [0.29, 0.717) is 19.3 Å². The van der Waals surface area contributed by atoms with Gasteiger partial charge in [0.15, 0.2) is 0 Å². The molecule has 1 aliphatic heterocycles. The Morgan fingerprint density at radius 2 is 1.92 bits per heavy atom. The van der Waals surface area contributed by atoms with E-state index in [0.717, 1.165) is 6.42 Å². The molecule has 0 aromatic heterocycles. The van der Waals surface area contributed by atoms with Gasteiger partial charge in [-0.05, 0) is 18.9 Å². The van der Waals surface area contributed by atoms with Gasteiger partial charge in [-0.3, -0.25) is 9.59 Å². The molecule has 5 nitrogen and oxygen atoms in total. The number of allylic oxidation sites excluding steroid dienone is 1. The van der Waals surface area contributed by atoms with Crippen LogP contribution in [-0.2, 0) is 23.8 Å². The molecule has 0 saturated carbocycles. The summed E-state index contributed by atoms with van der Waals surface area (Å²) in [5, 5.41) is -0.495. The maximum Gasteiger partial charge on any atom is 0.302 e. The first-order valence-corrected chi connectivity index (χ1v) is 10.0. The van der Waals surface area contributed by atoms with E-state index >= 15 is 0 Å². The number of esters is 2. The third-order valence-corrected chi connectivity index (χ3v) is 5.80. The van der Waals surface area contributed by atoms with Gasteiger partial charge in [-0.15, -0.1) is 18.0 Å². The summed E-state index contributed by atoms with van der Waals surface area (Å²) in [6, 6.07) is 0. The van der Waals surface area contributed by atoms with Crippen LogP contribution in [0.4, 0.5) is 0 Å². The van der Waals surface area contributed by atoms with Crippen molar-refractivity contribution in [3.05, 3.63) is 12.2 Å². The summed E-state index contributed by atoms with van der Waals surface area (Å²) in [7, 11) is 0. The van der Waals surface area contributed by atoms with E-state index in [4.69, 9.17) is 32.2 Å². The van der Waals surface area contributed by atoms with E-state index in [1.54, 1.807) is 6.08 Å². The second-order valence-corrected chi connectivity index (χ2v) is 7.96. The highest BCUT2D eigenvalue weighted by Gasteiger charge is 2.39. The molecule has 1 rings (SSSR count). The van der Waals surface area contributed by atoms with Gasteiger partial charge >= 0.3 is 11.9 Å². The Morgan fingerprint density at radius 1 is 1.31 bits per heavy atom. The molecule has 0 unspecified atom stereocenters. The average Bonchev–Trinajstić information content (AvgIpc) is 2.56. The van der Waals surface area contributed by atoms with Gasteiger partial charge in [-0.1, -0.05) is 34.9 Å². The van der Waals surface area contributed by atoms with Crippen LogP contribution in [0.15, 0.2) is 12.2 Å². The molecule has 1 heterocycles. The van der Waals surface area contributed by atoms with Crippen LogP contribution >= 0.6 is 27.5 Å². The normalized spacial score (nSPS) is 30.7. The maximum absolute atomic E-state index is 11.6. The lowest BCUT2D eigenvalue weighted by atomic mass is 9.95. The molecule has 1 aliphatic rings. The largest absolute Gasteiger partial charge is 0.461 e. The lowest BCUT2D eigenvalue weighted by Crippen LogP contribution is -2.47. The van der Waals surface area contributed by atoms with Crippen LogP contribution in [0.2, 0.25) is 0 Å². The van der Waals surface area contributed by atoms with Crippen LogP contribution in [-0.4, -0.2) is 46.6 Å². The molecular weight excluding hydrogens is 424 g/mol. The zero-order chi connectivity index (χ0) is 19.7. The van der Waals surface area contributed by atoms with Gasteiger partial charge in [-0.25, -0.2) is 0 Å². The van der Waals surface area contributed by atoms with Gasteiger partial charge in [0.2, 0.25) is 0 Å². The van der Waals surface area contributed by atoms with E-state index in [2.05, 4.69) is 21.9 Å². The molecule has 1 saturated heterocycles. The van der Waals surface area contributed by atoms with E-state index < -0.39 is 29.5 Å². The highest BCUT2D eigenvalue weighted by Crippen LogP contribution is 2.32. The number of rotatable bonds is 6. The molecule has 0 aliphatic carbocycles. The van der Waals surface area contributed by atoms with Gasteiger partial charge in [-0.2, -0.15) is 0 Å². The number of halogens is 2. The Balaban J connectivity index is 3.12. The lowest BCUT2D eigenvalue weighted by Gasteiger charge is -2.38. The topological polar surface area (TPSA) is 61.8 Å². The monoisotopic (exact) mass is 448 g/mol. The first kappa shape index (κ1) is 23.0. The van der Waals surface area contributed by atoms with Crippen LogP contribution in [0, 0.1) is 12.3 Å². The zero-order valence-corrected chi connectivity index (χ0v) is 17.7. The van der Waals surface area contributed by atoms with Crippen molar-refractivity contribution in [2.45, 2.75) is 81.1 Å². The minimum atomic E-state index is -0.560. The van der Waals surface area contributed by atoms with Crippen LogP contribution in [0.25, 0.3) is 0 Å². The van der Waals surface area contributed by atoms with Gasteiger partial charge in [0, 0.05) is 31.5 Å². The molecule has 0 radical (unpaired) electrons. The van der Waals surface area contributed by atoms with Gasteiger partial charge < -0.3 is 14.2 Å². The molecule has 0 amide bonds. The Labute approximate surface area is 168 Å². The maximum atomic E-state index is 11.6. The number of hydrogen-bond acceptors (Lipinski definition) is 5. The second kappa shape index (κ2) is 11.6. The van der Waals surface area contributed by atoms with Crippen LogP contribution in [0.5, 0.6) is 0 Å². The molecule has 1 fully saturated rings. The Morgan fingerprint density at radius 3 is 2.46 bits per heavy atom. The van der Waals surface area contributed by atoms with Crippen LogP contribution in [0.3, 0.4) is 0 Å². The first-order valence-electron chi connectivity index (χ1n) is 8.67. The van der Waals surface area contributed by atoms with E-state index in [-0.39, 0.29) is 17.0 Å². The van der Waals surface area contributed by atoms with Crippen LogP contribution in [0.1, 0.15) is 46.5 Å². The summed E-state index contributed by atoms with van der Waals surface area (Å²) in [6.45, 7) is 4.72. The summed E-state index contributed by atoms with van der Waals surface area (Å²) in [6.07, 6.45) is 9.01. The summed E-state index contributed by atoms with van der Waals surface area (Å²) in [5.74, 6) is 1.62. The number of alkyl halides is 2. The number of hydrogen-bond donors (Lipinski definition) is 0. The van der Waals surface area contributed by atoms with Crippen molar-refractivity contribution >= 4 is 39.5 Å².